The van der Waals surface area contributed by atoms with E-state index in [1.165, 1.54) is 32.3 Å². The van der Waals surface area contributed by atoms with Crippen molar-refractivity contribution in [1.29, 1.82) is 0 Å². The molecule has 0 saturated carbocycles. The fourth-order valence-corrected chi connectivity index (χ4v) is 23.3. The highest BCUT2D eigenvalue weighted by molar-refractivity contribution is 6.37. The molecule has 0 fully saturated rings. The highest BCUT2D eigenvalue weighted by Crippen LogP contribution is 2.55. The summed E-state index contributed by atoms with van der Waals surface area (Å²) in [5.41, 5.74) is 33.4. The number of hydrogen-bond acceptors (Lipinski definition) is 8. The number of furan rings is 4. The van der Waals surface area contributed by atoms with Gasteiger partial charge in [-0.1, -0.05) is 352 Å². The second-order valence-corrected chi connectivity index (χ2v) is 38.3. The van der Waals surface area contributed by atoms with Crippen molar-refractivity contribution in [1.82, 2.24) is 0 Å². The number of para-hydroxylation sites is 8. The first-order valence-electron chi connectivity index (χ1n) is 50.5. The van der Waals surface area contributed by atoms with Crippen molar-refractivity contribution >= 4 is 221 Å². The summed E-state index contributed by atoms with van der Waals surface area (Å²) < 4.78 is 28.4. The van der Waals surface area contributed by atoms with Crippen molar-refractivity contribution in [3.05, 3.63) is 534 Å². The van der Waals surface area contributed by atoms with E-state index in [2.05, 4.69) is 553 Å². The minimum absolute atomic E-state index is 0.828. The second-order valence-electron chi connectivity index (χ2n) is 38.3. The van der Waals surface area contributed by atoms with Crippen LogP contribution in [-0.4, -0.2) is 0 Å². The van der Waals surface area contributed by atoms with Crippen LogP contribution in [0.1, 0.15) is 0 Å². The second kappa shape index (κ2) is 35.1. The Morgan fingerprint density at radius 3 is 0.514 bits per heavy atom. The van der Waals surface area contributed by atoms with Crippen LogP contribution in [0.25, 0.3) is 219 Å². The summed E-state index contributed by atoms with van der Waals surface area (Å²) in [5.74, 6) is 0. The smallest absolute Gasteiger partial charge is 0.143 e. The molecule has 26 aromatic carbocycles. The molecular weight excluding hydrogens is 1800 g/mol. The van der Waals surface area contributed by atoms with E-state index in [1.54, 1.807) is 0 Å². The molecule has 0 unspecified atom stereocenters. The third kappa shape index (κ3) is 14.1. The zero-order valence-corrected chi connectivity index (χ0v) is 80.2. The minimum atomic E-state index is 0.828. The average Bonchev–Trinajstić information content (AvgIpc) is 1.56. The van der Waals surface area contributed by atoms with E-state index in [0.29, 0.717) is 0 Å². The normalized spacial score (nSPS) is 11.8. The molecule has 0 aliphatic carbocycles. The van der Waals surface area contributed by atoms with E-state index in [-0.39, 0.29) is 0 Å². The summed E-state index contributed by atoms with van der Waals surface area (Å²) in [5, 5.41) is 22.4. The molecule has 0 aliphatic heterocycles. The van der Waals surface area contributed by atoms with Gasteiger partial charge in [0.25, 0.3) is 0 Å². The first-order valence-corrected chi connectivity index (χ1v) is 50.5. The summed E-state index contributed by atoms with van der Waals surface area (Å²) in [6.07, 6.45) is 0. The van der Waals surface area contributed by atoms with Gasteiger partial charge in [-0.05, 0) is 213 Å². The largest absolute Gasteiger partial charge is 0.455 e. The summed E-state index contributed by atoms with van der Waals surface area (Å²) in [6.45, 7) is 0. The molecule has 8 heteroatoms. The molecule has 30 aromatic rings. The molecule has 0 radical (unpaired) electrons. The van der Waals surface area contributed by atoms with Gasteiger partial charge < -0.3 is 37.3 Å². The van der Waals surface area contributed by atoms with Crippen LogP contribution < -0.4 is 19.6 Å². The lowest BCUT2D eigenvalue weighted by Gasteiger charge is -2.29. The first kappa shape index (κ1) is 85.0. The van der Waals surface area contributed by atoms with Crippen molar-refractivity contribution in [2.75, 3.05) is 19.6 Å². The Morgan fingerprint density at radius 1 is 0.122 bits per heavy atom. The fourth-order valence-electron chi connectivity index (χ4n) is 23.3. The lowest BCUT2D eigenvalue weighted by atomic mass is 9.91. The molecule has 0 aliphatic rings. The highest BCUT2D eigenvalue weighted by atomic mass is 16.3. The van der Waals surface area contributed by atoms with Crippen LogP contribution in [0, 0.1) is 0 Å². The molecule has 4 aromatic heterocycles. The van der Waals surface area contributed by atoms with Gasteiger partial charge in [-0.15, -0.1) is 0 Å². The van der Waals surface area contributed by atoms with Crippen molar-refractivity contribution in [2.45, 2.75) is 0 Å². The Bertz CT molecular complexity index is 9630. The Balaban J connectivity index is 0.000000141. The van der Waals surface area contributed by atoms with Crippen LogP contribution in [0.15, 0.2) is 552 Å². The minimum Gasteiger partial charge on any atom is -0.455 e. The van der Waals surface area contributed by atoms with Crippen LogP contribution in [0.5, 0.6) is 0 Å². The van der Waals surface area contributed by atoms with E-state index in [4.69, 9.17) is 17.7 Å². The molecule has 0 N–H and O–H groups in total. The summed E-state index contributed by atoms with van der Waals surface area (Å²) in [4.78, 5) is 9.45. The standard InChI is InChI=1S/C76H48N2O2.C64H40N2O2/c1-5-21-49(22-6-1)57-29-13-17-33-67(57)77(68-34-18-14-30-58(68)50-23-7-2-8-24-50)55-39-43-61-65-45-53-38-42-64-74-54(37-41-63(73(53)74)75(65)79-71(61)47-55)46-66-62-44-40-56(48-72(62)80-76(64)66)78(69-35-19-15-31-59(69)51-25-9-3-10-26-51)70-36-20-16-32-60(70)52-27-11-4-12-28-52;1-5-17-41(18-6-1)49-25-13-15-27-57(49)65(45-21-9-3-10-22-45)47-31-35-51-55-37-43-30-34-54-62-44(29-33-53(61(43)62)63(55)67-59(51)39-47)38-56-52-36-32-48(40-60(52)68-64(54)56)66(46-23-11-4-12-24-46)58-28-16-14-26-50(58)42-19-7-2-8-20-42/h1-48H;1-40H. The highest BCUT2D eigenvalue weighted by Gasteiger charge is 2.30. The SMILES string of the molecule is c1ccc(-c2ccccc2N(c2ccc3c(c2)oc2c3cc3ccc4c5oc6cc(N(c7ccccc7-c7ccccc7)c7ccccc7-c7ccccc7)ccc6c5cc5ccc2c3c54)c2ccccc2-c2ccccc2)cc1.c1ccc(-c2ccccc2N(c2ccccc2)c2ccc3c(c2)oc2c3cc3ccc4c5oc6cc(N(c7ccccc7)c7ccccc7-c7ccccc7)ccc6c5cc5ccc2c3c54)cc1. The number of nitrogens with zero attached hydrogens (tertiary/aromatic N) is 4. The van der Waals surface area contributed by atoms with Gasteiger partial charge >= 0.3 is 0 Å². The lowest BCUT2D eigenvalue weighted by molar-refractivity contribution is 0.672. The Labute approximate surface area is 852 Å². The summed E-state index contributed by atoms with van der Waals surface area (Å²) in [7, 11) is 0. The van der Waals surface area contributed by atoms with E-state index in [1.807, 2.05) is 0 Å². The molecule has 0 atom stereocenters. The van der Waals surface area contributed by atoms with Gasteiger partial charge in [0.15, 0.2) is 0 Å². The third-order valence-electron chi connectivity index (χ3n) is 29.9. The van der Waals surface area contributed by atoms with Gasteiger partial charge in [0.05, 0.1) is 34.1 Å². The number of benzene rings is 26. The Hall–Kier alpha value is -19.8. The molecule has 4 heterocycles. The predicted octanol–water partition coefficient (Wildman–Crippen LogP) is 40.6. The monoisotopic (exact) mass is 1890 g/mol. The Morgan fingerprint density at radius 2 is 0.297 bits per heavy atom. The van der Waals surface area contributed by atoms with Crippen LogP contribution in [0.3, 0.4) is 0 Å². The summed E-state index contributed by atoms with van der Waals surface area (Å²) >= 11 is 0. The maximum Gasteiger partial charge on any atom is 0.143 e. The quantitative estimate of drug-likeness (QED) is 0.0788. The summed E-state index contributed by atoms with van der Waals surface area (Å²) in [6, 6.07) is 191. The van der Waals surface area contributed by atoms with Gasteiger partial charge in [-0.3, -0.25) is 0 Å². The first-order chi connectivity index (χ1) is 73.4. The number of hydrogen-bond donors (Lipinski definition) is 0. The lowest BCUT2D eigenvalue weighted by Crippen LogP contribution is -2.12. The van der Waals surface area contributed by atoms with Gasteiger partial charge in [-0.2, -0.15) is 0 Å². The van der Waals surface area contributed by atoms with E-state index in [0.717, 1.165) is 255 Å². The zero-order valence-electron chi connectivity index (χ0n) is 80.2. The van der Waals surface area contributed by atoms with Crippen molar-refractivity contribution < 1.29 is 17.7 Å². The predicted molar refractivity (Wildman–Crippen MR) is 621 cm³/mol. The van der Waals surface area contributed by atoms with Crippen LogP contribution in [0.2, 0.25) is 0 Å². The molecule has 0 saturated heterocycles. The van der Waals surface area contributed by atoms with Crippen LogP contribution in [0.4, 0.5) is 68.2 Å². The maximum absolute atomic E-state index is 7.16. The van der Waals surface area contributed by atoms with Gasteiger partial charge in [0.2, 0.25) is 0 Å². The molecule has 692 valence electrons. The van der Waals surface area contributed by atoms with Crippen molar-refractivity contribution in [3.63, 3.8) is 0 Å². The molecular formula is C140H88N4O4. The number of anilines is 12. The molecule has 30 rings (SSSR count). The van der Waals surface area contributed by atoms with E-state index < -0.39 is 0 Å². The molecule has 8 nitrogen and oxygen atoms in total. The maximum atomic E-state index is 7.16. The van der Waals surface area contributed by atoms with Crippen LogP contribution >= 0.6 is 0 Å². The Kier molecular flexibility index (Phi) is 20.2. The van der Waals surface area contributed by atoms with Crippen molar-refractivity contribution in [2.24, 2.45) is 0 Å². The van der Waals surface area contributed by atoms with Gasteiger partial charge in [0, 0.05) is 178 Å². The van der Waals surface area contributed by atoms with E-state index in [9.17, 15) is 0 Å². The molecule has 0 spiro atoms. The number of fused-ring (bicyclic) bond motifs is 16. The molecule has 148 heavy (non-hydrogen) atoms. The third-order valence-corrected chi connectivity index (χ3v) is 29.9. The van der Waals surface area contributed by atoms with Crippen LogP contribution in [-0.2, 0) is 0 Å². The zero-order chi connectivity index (χ0) is 97.4. The van der Waals surface area contributed by atoms with E-state index >= 15 is 0 Å². The van der Waals surface area contributed by atoms with Crippen molar-refractivity contribution in [3.8, 4) is 66.8 Å². The average molecular weight is 1890 g/mol. The molecule has 0 bridgehead atoms. The fraction of sp³-hybridized carbons (Fsp3) is 0. The molecule has 0 amide bonds. The topological polar surface area (TPSA) is 65.5 Å². The van der Waals surface area contributed by atoms with Gasteiger partial charge in [0.1, 0.15) is 44.7 Å². The number of rotatable bonds is 18. The van der Waals surface area contributed by atoms with Gasteiger partial charge in [-0.25, -0.2) is 0 Å².